The van der Waals surface area contributed by atoms with Crippen LogP contribution in [-0.4, -0.2) is 43.3 Å². The van der Waals surface area contributed by atoms with Crippen LogP contribution in [0.5, 0.6) is 0 Å². The lowest BCUT2D eigenvalue weighted by atomic mass is 9.56. The van der Waals surface area contributed by atoms with E-state index < -0.39 is 0 Å². The lowest BCUT2D eigenvalue weighted by molar-refractivity contribution is -0.176. The van der Waals surface area contributed by atoms with Crippen molar-refractivity contribution in [2.75, 3.05) is 20.7 Å². The summed E-state index contributed by atoms with van der Waals surface area (Å²) in [4.78, 5) is 9.96. The molecular formula is C16H29IN4OS. The number of aryl methyl sites for hydroxylation is 1. The normalized spacial score (nSPS) is 26.2. The lowest BCUT2D eigenvalue weighted by Crippen LogP contribution is -2.69. The Kier molecular flexibility index (Phi) is 7.28. The van der Waals surface area contributed by atoms with E-state index in [2.05, 4.69) is 48.3 Å². The number of hydrogen-bond donors (Lipinski definition) is 2. The highest BCUT2D eigenvalue weighted by molar-refractivity contribution is 14.0. The van der Waals surface area contributed by atoms with Crippen LogP contribution in [0.3, 0.4) is 0 Å². The van der Waals surface area contributed by atoms with Crippen LogP contribution in [0, 0.1) is 12.3 Å². The standard InChI is InChI=1S/C16H28N4OS.HI/c1-11-10-19-13(22-11)7-8-18-14(17-5)20-12-9-16(4,21-6)15(12,2)3;/h10,12H,7-9H2,1-6H3,(H2,17,18,20);1H. The number of aromatic nitrogens is 1. The van der Waals surface area contributed by atoms with E-state index in [1.807, 2.05) is 13.2 Å². The van der Waals surface area contributed by atoms with Gasteiger partial charge in [-0.15, -0.1) is 35.3 Å². The van der Waals surface area contributed by atoms with Crippen LogP contribution in [-0.2, 0) is 11.2 Å². The Balaban J connectivity index is 0.00000264. The molecule has 1 aliphatic carbocycles. The van der Waals surface area contributed by atoms with E-state index in [9.17, 15) is 0 Å². The van der Waals surface area contributed by atoms with Crippen molar-refractivity contribution in [1.82, 2.24) is 15.6 Å². The summed E-state index contributed by atoms with van der Waals surface area (Å²) in [5.74, 6) is 0.851. The fraction of sp³-hybridized carbons (Fsp3) is 0.750. The molecule has 1 aliphatic rings. The molecule has 0 aromatic carbocycles. The monoisotopic (exact) mass is 452 g/mol. The SMILES string of the molecule is CN=C(NCCc1ncc(C)s1)NC1CC(C)(OC)C1(C)C.I. The third kappa shape index (κ3) is 4.36. The maximum atomic E-state index is 5.67. The molecule has 1 aromatic heterocycles. The molecule has 1 fully saturated rings. The van der Waals surface area contributed by atoms with E-state index in [1.165, 1.54) is 4.88 Å². The number of nitrogens with one attached hydrogen (secondary N) is 2. The molecule has 7 heteroatoms. The Hall–Kier alpha value is -0.410. The van der Waals surface area contributed by atoms with Crippen LogP contribution in [0.25, 0.3) is 0 Å². The molecule has 1 heterocycles. The second kappa shape index (κ2) is 8.11. The predicted molar refractivity (Wildman–Crippen MR) is 108 cm³/mol. The van der Waals surface area contributed by atoms with Gasteiger partial charge in [-0.3, -0.25) is 4.99 Å². The molecule has 0 saturated heterocycles. The zero-order valence-corrected chi connectivity index (χ0v) is 18.0. The highest BCUT2D eigenvalue weighted by Gasteiger charge is 2.57. The molecular weight excluding hydrogens is 423 g/mol. The van der Waals surface area contributed by atoms with Crippen molar-refractivity contribution in [2.24, 2.45) is 10.4 Å². The Morgan fingerprint density at radius 3 is 2.65 bits per heavy atom. The topological polar surface area (TPSA) is 58.5 Å². The summed E-state index contributed by atoms with van der Waals surface area (Å²) in [7, 11) is 3.60. The van der Waals surface area contributed by atoms with Crippen LogP contribution in [0.2, 0.25) is 0 Å². The van der Waals surface area contributed by atoms with Gasteiger partial charge in [-0.05, 0) is 20.3 Å². The Labute approximate surface area is 160 Å². The van der Waals surface area contributed by atoms with Gasteiger partial charge >= 0.3 is 0 Å². The van der Waals surface area contributed by atoms with Crippen molar-refractivity contribution < 1.29 is 4.74 Å². The fourth-order valence-electron chi connectivity index (χ4n) is 2.89. The third-order valence-corrected chi connectivity index (χ3v) is 6.09. The minimum absolute atomic E-state index is 0. The number of hydrogen-bond acceptors (Lipinski definition) is 4. The molecule has 1 aromatic rings. The largest absolute Gasteiger partial charge is 0.378 e. The second-order valence-electron chi connectivity index (χ2n) is 6.67. The zero-order chi connectivity index (χ0) is 16.4. The van der Waals surface area contributed by atoms with Crippen molar-refractivity contribution in [2.45, 2.75) is 52.2 Å². The molecule has 0 radical (unpaired) electrons. The number of nitrogens with zero attached hydrogens (tertiary/aromatic N) is 2. The number of halogens is 1. The number of ether oxygens (including phenoxy) is 1. The molecule has 2 atom stereocenters. The number of aliphatic imine (C=N–C) groups is 1. The first-order chi connectivity index (χ1) is 10.3. The molecule has 132 valence electrons. The van der Waals surface area contributed by atoms with Gasteiger partial charge in [0, 0.05) is 49.7 Å². The van der Waals surface area contributed by atoms with Crippen LogP contribution < -0.4 is 10.6 Å². The Morgan fingerprint density at radius 1 is 1.48 bits per heavy atom. The number of guanidine groups is 1. The maximum absolute atomic E-state index is 5.67. The van der Waals surface area contributed by atoms with Gasteiger partial charge < -0.3 is 15.4 Å². The molecule has 2 unspecified atom stereocenters. The third-order valence-electron chi connectivity index (χ3n) is 5.11. The van der Waals surface area contributed by atoms with E-state index in [0.29, 0.717) is 6.04 Å². The van der Waals surface area contributed by atoms with Crippen LogP contribution in [0.1, 0.15) is 37.1 Å². The van der Waals surface area contributed by atoms with E-state index >= 15 is 0 Å². The van der Waals surface area contributed by atoms with Crippen molar-refractivity contribution >= 4 is 41.3 Å². The van der Waals surface area contributed by atoms with Crippen molar-refractivity contribution in [3.05, 3.63) is 16.1 Å². The summed E-state index contributed by atoms with van der Waals surface area (Å²) in [6.45, 7) is 9.57. The summed E-state index contributed by atoms with van der Waals surface area (Å²) in [5.41, 5.74) is 0.00766. The van der Waals surface area contributed by atoms with Crippen molar-refractivity contribution in [3.63, 3.8) is 0 Å². The summed E-state index contributed by atoms with van der Waals surface area (Å²) in [6, 6.07) is 0.366. The van der Waals surface area contributed by atoms with E-state index in [0.717, 1.165) is 30.4 Å². The lowest BCUT2D eigenvalue weighted by Gasteiger charge is -2.59. The fourth-order valence-corrected chi connectivity index (χ4v) is 3.67. The smallest absolute Gasteiger partial charge is 0.191 e. The Bertz CT molecular complexity index is 546. The molecule has 5 nitrogen and oxygen atoms in total. The minimum Gasteiger partial charge on any atom is -0.378 e. The van der Waals surface area contributed by atoms with Gasteiger partial charge in [-0.1, -0.05) is 13.8 Å². The molecule has 1 saturated carbocycles. The summed E-state index contributed by atoms with van der Waals surface area (Å²) >= 11 is 1.75. The summed E-state index contributed by atoms with van der Waals surface area (Å²) < 4.78 is 5.67. The summed E-state index contributed by atoms with van der Waals surface area (Å²) in [6.07, 6.45) is 3.83. The number of thiazole rings is 1. The molecule has 0 amide bonds. The summed E-state index contributed by atoms with van der Waals surface area (Å²) in [5, 5.41) is 8.05. The van der Waals surface area contributed by atoms with Gasteiger partial charge in [-0.2, -0.15) is 0 Å². The second-order valence-corrected chi connectivity index (χ2v) is 7.99. The first-order valence-corrected chi connectivity index (χ1v) is 8.57. The first-order valence-electron chi connectivity index (χ1n) is 7.76. The van der Waals surface area contributed by atoms with Gasteiger partial charge in [0.1, 0.15) is 0 Å². The molecule has 0 spiro atoms. The molecule has 2 N–H and O–H groups in total. The highest BCUT2D eigenvalue weighted by Crippen LogP contribution is 2.51. The van der Waals surface area contributed by atoms with Crippen LogP contribution >= 0.6 is 35.3 Å². The molecule has 2 rings (SSSR count). The average molecular weight is 452 g/mol. The minimum atomic E-state index is -0.0675. The van der Waals surface area contributed by atoms with Crippen LogP contribution in [0.4, 0.5) is 0 Å². The highest BCUT2D eigenvalue weighted by atomic mass is 127. The zero-order valence-electron chi connectivity index (χ0n) is 14.9. The van der Waals surface area contributed by atoms with Gasteiger partial charge in [0.05, 0.1) is 10.6 Å². The van der Waals surface area contributed by atoms with E-state index in [-0.39, 0.29) is 35.0 Å². The van der Waals surface area contributed by atoms with Gasteiger partial charge in [0.25, 0.3) is 0 Å². The molecule has 23 heavy (non-hydrogen) atoms. The quantitative estimate of drug-likeness (QED) is 0.410. The average Bonchev–Trinajstić information content (AvgIpc) is 2.90. The van der Waals surface area contributed by atoms with Gasteiger partial charge in [-0.25, -0.2) is 4.98 Å². The maximum Gasteiger partial charge on any atom is 0.191 e. The van der Waals surface area contributed by atoms with Crippen molar-refractivity contribution in [1.29, 1.82) is 0 Å². The molecule has 0 bridgehead atoms. The van der Waals surface area contributed by atoms with Gasteiger partial charge in [0.15, 0.2) is 5.96 Å². The van der Waals surface area contributed by atoms with Gasteiger partial charge in [0.2, 0.25) is 0 Å². The first kappa shape index (κ1) is 20.6. The number of rotatable bonds is 5. The Morgan fingerprint density at radius 2 is 2.17 bits per heavy atom. The number of methoxy groups -OCH3 is 1. The van der Waals surface area contributed by atoms with Crippen molar-refractivity contribution in [3.8, 4) is 0 Å². The predicted octanol–water partition coefficient (Wildman–Crippen LogP) is 2.98. The van der Waals surface area contributed by atoms with E-state index in [1.54, 1.807) is 18.4 Å². The van der Waals surface area contributed by atoms with Crippen LogP contribution in [0.15, 0.2) is 11.2 Å². The van der Waals surface area contributed by atoms with E-state index in [4.69, 9.17) is 4.74 Å². The molecule has 0 aliphatic heterocycles.